The predicted molar refractivity (Wildman–Crippen MR) is 47.0 cm³/mol. The first-order chi connectivity index (χ1) is 6.29. The second-order valence-corrected chi connectivity index (χ2v) is 3.69. The van der Waals surface area contributed by atoms with E-state index in [9.17, 15) is 0 Å². The van der Waals surface area contributed by atoms with E-state index in [1.165, 1.54) is 6.39 Å². The molecule has 1 aromatic heterocycles. The molecule has 1 atom stereocenters. The van der Waals surface area contributed by atoms with Crippen LogP contribution in [0.15, 0.2) is 10.9 Å². The third-order valence-electron chi connectivity index (χ3n) is 2.45. The highest BCUT2D eigenvalue weighted by Gasteiger charge is 2.27. The molecule has 1 aliphatic heterocycles. The first-order valence-electron chi connectivity index (χ1n) is 4.50. The predicted octanol–water partition coefficient (Wildman–Crippen LogP) is -0.0888. The summed E-state index contributed by atoms with van der Waals surface area (Å²) in [5.74, 6) is 0.716. The minimum Gasteiger partial charge on any atom is -0.343 e. The zero-order valence-corrected chi connectivity index (χ0v) is 7.71. The van der Waals surface area contributed by atoms with Gasteiger partial charge in [0.05, 0.1) is 6.54 Å². The molecule has 0 radical (unpaired) electrons. The van der Waals surface area contributed by atoms with E-state index in [0.29, 0.717) is 12.4 Å². The van der Waals surface area contributed by atoms with E-state index in [1.807, 2.05) is 0 Å². The summed E-state index contributed by atoms with van der Waals surface area (Å²) in [4.78, 5) is 3.95. The molecule has 1 fully saturated rings. The molecular weight excluding hydrogens is 168 g/mol. The van der Waals surface area contributed by atoms with Crippen LogP contribution in [0.4, 0.5) is 0 Å². The average Bonchev–Trinajstić information content (AvgIpc) is 2.72. The number of hydrogen-bond acceptors (Lipinski definition) is 5. The van der Waals surface area contributed by atoms with Crippen molar-refractivity contribution in [3.05, 3.63) is 12.2 Å². The smallest absolute Gasteiger partial charge is 0.213 e. The lowest BCUT2D eigenvalue weighted by Gasteiger charge is -2.23. The standard InChI is InChI=1S/C8H14N4O/c1-8(2-3-9-5-8)11-4-7-10-6-13-12-7/h6,9,11H,2-5H2,1H3. The van der Waals surface area contributed by atoms with Gasteiger partial charge in [0.25, 0.3) is 0 Å². The quantitative estimate of drug-likeness (QED) is 0.684. The van der Waals surface area contributed by atoms with Crippen molar-refractivity contribution in [2.75, 3.05) is 13.1 Å². The Morgan fingerprint density at radius 1 is 1.77 bits per heavy atom. The van der Waals surface area contributed by atoms with Gasteiger partial charge in [0.1, 0.15) is 0 Å². The number of rotatable bonds is 3. The molecule has 0 bridgehead atoms. The van der Waals surface area contributed by atoms with Gasteiger partial charge in [-0.05, 0) is 19.9 Å². The SMILES string of the molecule is CC1(NCc2ncon2)CCNC1. The maximum absolute atomic E-state index is 4.65. The van der Waals surface area contributed by atoms with Crippen LogP contribution in [0.2, 0.25) is 0 Å². The maximum Gasteiger partial charge on any atom is 0.213 e. The second-order valence-electron chi connectivity index (χ2n) is 3.69. The lowest BCUT2D eigenvalue weighted by atomic mass is 10.0. The molecule has 2 N–H and O–H groups in total. The van der Waals surface area contributed by atoms with Crippen LogP contribution >= 0.6 is 0 Å². The fourth-order valence-electron chi connectivity index (χ4n) is 1.53. The summed E-state index contributed by atoms with van der Waals surface area (Å²) in [7, 11) is 0. The van der Waals surface area contributed by atoms with Crippen LogP contribution in [-0.4, -0.2) is 28.8 Å². The van der Waals surface area contributed by atoms with Gasteiger partial charge in [-0.2, -0.15) is 4.98 Å². The van der Waals surface area contributed by atoms with Crippen molar-refractivity contribution < 1.29 is 4.52 Å². The number of hydrogen-bond donors (Lipinski definition) is 2. The molecule has 2 rings (SSSR count). The Balaban J connectivity index is 1.85. The molecule has 5 nitrogen and oxygen atoms in total. The van der Waals surface area contributed by atoms with E-state index in [0.717, 1.165) is 19.5 Å². The molecule has 5 heteroatoms. The van der Waals surface area contributed by atoms with Gasteiger partial charge in [-0.3, -0.25) is 0 Å². The Morgan fingerprint density at radius 3 is 3.31 bits per heavy atom. The van der Waals surface area contributed by atoms with Crippen LogP contribution in [0, 0.1) is 0 Å². The van der Waals surface area contributed by atoms with Crippen molar-refractivity contribution in [1.82, 2.24) is 20.8 Å². The molecular formula is C8H14N4O. The normalized spacial score (nSPS) is 28.1. The van der Waals surface area contributed by atoms with E-state index >= 15 is 0 Å². The first kappa shape index (κ1) is 8.65. The molecule has 0 spiro atoms. The number of nitrogens with one attached hydrogen (secondary N) is 2. The van der Waals surface area contributed by atoms with Gasteiger partial charge in [0, 0.05) is 12.1 Å². The van der Waals surface area contributed by atoms with Crippen LogP contribution in [0.3, 0.4) is 0 Å². The van der Waals surface area contributed by atoms with Gasteiger partial charge >= 0.3 is 0 Å². The summed E-state index contributed by atoms with van der Waals surface area (Å²) in [6.07, 6.45) is 2.50. The summed E-state index contributed by atoms with van der Waals surface area (Å²) in [5.41, 5.74) is 0.181. The Labute approximate surface area is 76.9 Å². The van der Waals surface area contributed by atoms with Gasteiger partial charge in [-0.25, -0.2) is 0 Å². The number of aromatic nitrogens is 2. The molecule has 0 saturated carbocycles. The molecule has 0 aliphatic carbocycles. The third-order valence-corrected chi connectivity index (χ3v) is 2.45. The summed E-state index contributed by atoms with van der Waals surface area (Å²) >= 11 is 0. The Morgan fingerprint density at radius 2 is 2.69 bits per heavy atom. The molecule has 1 aliphatic rings. The Kier molecular flexibility index (Phi) is 2.28. The second kappa shape index (κ2) is 3.43. The van der Waals surface area contributed by atoms with Gasteiger partial charge in [0.15, 0.2) is 5.82 Å². The van der Waals surface area contributed by atoms with Crippen molar-refractivity contribution in [2.24, 2.45) is 0 Å². The van der Waals surface area contributed by atoms with E-state index in [4.69, 9.17) is 0 Å². The van der Waals surface area contributed by atoms with Crippen LogP contribution in [0.5, 0.6) is 0 Å². The highest BCUT2D eigenvalue weighted by molar-refractivity contribution is 4.93. The van der Waals surface area contributed by atoms with Crippen molar-refractivity contribution >= 4 is 0 Å². The molecule has 13 heavy (non-hydrogen) atoms. The van der Waals surface area contributed by atoms with Crippen LogP contribution in [-0.2, 0) is 6.54 Å². The minimum atomic E-state index is 0.181. The summed E-state index contributed by atoms with van der Waals surface area (Å²) in [5, 5.41) is 10.5. The molecule has 0 amide bonds. The Hall–Kier alpha value is -0.940. The fraction of sp³-hybridized carbons (Fsp3) is 0.750. The molecule has 1 aromatic rings. The van der Waals surface area contributed by atoms with Gasteiger partial charge < -0.3 is 15.2 Å². The van der Waals surface area contributed by atoms with Crippen molar-refractivity contribution in [2.45, 2.75) is 25.4 Å². The number of nitrogens with zero attached hydrogens (tertiary/aromatic N) is 2. The molecule has 0 aromatic carbocycles. The highest BCUT2D eigenvalue weighted by Crippen LogP contribution is 2.13. The fourth-order valence-corrected chi connectivity index (χ4v) is 1.53. The topological polar surface area (TPSA) is 63.0 Å². The van der Waals surface area contributed by atoms with E-state index in [-0.39, 0.29) is 5.54 Å². The van der Waals surface area contributed by atoms with E-state index in [1.54, 1.807) is 0 Å². The molecule has 1 saturated heterocycles. The lowest BCUT2D eigenvalue weighted by molar-refractivity contribution is 0.366. The first-order valence-corrected chi connectivity index (χ1v) is 4.50. The van der Waals surface area contributed by atoms with Crippen LogP contribution < -0.4 is 10.6 Å². The zero-order chi connectivity index (χ0) is 9.15. The van der Waals surface area contributed by atoms with Crippen molar-refractivity contribution in [3.63, 3.8) is 0 Å². The van der Waals surface area contributed by atoms with Crippen molar-refractivity contribution in [3.8, 4) is 0 Å². The maximum atomic E-state index is 4.65. The van der Waals surface area contributed by atoms with Gasteiger partial charge in [-0.15, -0.1) is 0 Å². The van der Waals surface area contributed by atoms with Crippen LogP contribution in [0.25, 0.3) is 0 Å². The minimum absolute atomic E-state index is 0.181. The Bertz CT molecular complexity index is 253. The molecule has 2 heterocycles. The van der Waals surface area contributed by atoms with E-state index in [2.05, 4.69) is 32.2 Å². The van der Waals surface area contributed by atoms with Gasteiger partial charge in [-0.1, -0.05) is 5.16 Å². The summed E-state index contributed by atoms with van der Waals surface area (Å²) in [6.45, 7) is 4.96. The summed E-state index contributed by atoms with van der Waals surface area (Å²) < 4.78 is 4.65. The van der Waals surface area contributed by atoms with Crippen molar-refractivity contribution in [1.29, 1.82) is 0 Å². The molecule has 1 unspecified atom stereocenters. The average molecular weight is 182 g/mol. The lowest BCUT2D eigenvalue weighted by Crippen LogP contribution is -2.43. The largest absolute Gasteiger partial charge is 0.343 e. The van der Waals surface area contributed by atoms with Crippen LogP contribution in [0.1, 0.15) is 19.2 Å². The third kappa shape index (κ3) is 2.05. The monoisotopic (exact) mass is 182 g/mol. The molecule has 72 valence electrons. The zero-order valence-electron chi connectivity index (χ0n) is 7.71. The summed E-state index contributed by atoms with van der Waals surface area (Å²) in [6, 6.07) is 0. The van der Waals surface area contributed by atoms with Gasteiger partial charge in [0.2, 0.25) is 6.39 Å². The van der Waals surface area contributed by atoms with E-state index < -0.39 is 0 Å². The highest BCUT2D eigenvalue weighted by atomic mass is 16.5.